The van der Waals surface area contributed by atoms with Gasteiger partial charge in [-0.2, -0.15) is 4.39 Å². The van der Waals surface area contributed by atoms with Gasteiger partial charge in [-0.05, 0) is 25.0 Å². The second-order valence-corrected chi connectivity index (χ2v) is 4.99. The Hall–Kier alpha value is -1.17. The van der Waals surface area contributed by atoms with Gasteiger partial charge in [-0.15, -0.1) is 0 Å². The molecule has 106 valence electrons. The molecule has 0 aromatic heterocycles. The number of nitrogens with one attached hydrogen (secondary N) is 1. The molecule has 0 aliphatic carbocycles. The molecule has 0 bridgehead atoms. The van der Waals surface area contributed by atoms with Crippen molar-refractivity contribution in [3.63, 3.8) is 0 Å². The van der Waals surface area contributed by atoms with E-state index in [1.165, 1.54) is 6.07 Å². The first-order valence-corrected chi connectivity index (χ1v) is 6.83. The Morgan fingerprint density at radius 3 is 2.58 bits per heavy atom. The fraction of sp³-hybridized carbons (Fsp3) is 0.462. The minimum atomic E-state index is -1.10. The van der Waals surface area contributed by atoms with Gasteiger partial charge in [0, 0.05) is 10.5 Å². The number of carbonyl (C=O) groups excluding carboxylic acids is 1. The summed E-state index contributed by atoms with van der Waals surface area (Å²) in [6.45, 7) is 3.57. The summed E-state index contributed by atoms with van der Waals surface area (Å²) in [7, 11) is 0. The summed E-state index contributed by atoms with van der Waals surface area (Å²) >= 11 is 3.03. The van der Waals surface area contributed by atoms with Crippen LogP contribution >= 0.6 is 15.9 Å². The topological polar surface area (TPSA) is 38.3 Å². The van der Waals surface area contributed by atoms with Crippen molar-refractivity contribution in [2.45, 2.75) is 32.7 Å². The van der Waals surface area contributed by atoms with E-state index >= 15 is 0 Å². The fourth-order valence-electron chi connectivity index (χ4n) is 1.54. The van der Waals surface area contributed by atoms with Gasteiger partial charge in [-0.3, -0.25) is 4.79 Å². The van der Waals surface area contributed by atoms with Crippen molar-refractivity contribution < 1.29 is 18.3 Å². The number of benzene rings is 1. The summed E-state index contributed by atoms with van der Waals surface area (Å²) < 4.78 is 31.8. The number of amides is 1. The maximum Gasteiger partial charge on any atom is 0.258 e. The third kappa shape index (κ3) is 4.78. The van der Waals surface area contributed by atoms with E-state index in [2.05, 4.69) is 21.2 Å². The average Bonchev–Trinajstić information content (AvgIpc) is 2.38. The van der Waals surface area contributed by atoms with Gasteiger partial charge in [0.1, 0.15) is 0 Å². The minimum absolute atomic E-state index is 0.0696. The lowest BCUT2D eigenvalue weighted by Gasteiger charge is -2.15. The molecule has 0 heterocycles. The molecule has 6 heteroatoms. The lowest BCUT2D eigenvalue weighted by Crippen LogP contribution is -2.37. The first kappa shape index (κ1) is 15.9. The van der Waals surface area contributed by atoms with Gasteiger partial charge in [0.15, 0.2) is 18.2 Å². The van der Waals surface area contributed by atoms with Crippen LogP contribution in [0.25, 0.3) is 0 Å². The summed E-state index contributed by atoms with van der Waals surface area (Å²) in [6.07, 6.45) is 1.62. The van der Waals surface area contributed by atoms with Gasteiger partial charge in [-0.1, -0.05) is 29.8 Å². The molecular weight excluding hydrogens is 320 g/mol. The molecule has 1 aromatic rings. The Labute approximate surface area is 119 Å². The van der Waals surface area contributed by atoms with E-state index < -0.39 is 11.6 Å². The zero-order chi connectivity index (χ0) is 14.4. The van der Waals surface area contributed by atoms with E-state index in [1.807, 2.05) is 13.8 Å². The van der Waals surface area contributed by atoms with Gasteiger partial charge < -0.3 is 10.1 Å². The largest absolute Gasteiger partial charge is 0.481 e. The van der Waals surface area contributed by atoms with Crippen molar-refractivity contribution >= 4 is 21.8 Å². The maximum atomic E-state index is 13.4. The molecule has 1 amide bonds. The Bertz CT molecular complexity index is 451. The zero-order valence-corrected chi connectivity index (χ0v) is 12.4. The van der Waals surface area contributed by atoms with Crippen molar-refractivity contribution in [2.24, 2.45) is 0 Å². The van der Waals surface area contributed by atoms with Gasteiger partial charge in [0.05, 0.1) is 0 Å². The van der Waals surface area contributed by atoms with Crippen LogP contribution in [0.15, 0.2) is 16.6 Å². The summed E-state index contributed by atoms with van der Waals surface area (Å²) in [4.78, 5) is 11.6. The Kier molecular flexibility index (Phi) is 6.21. The molecule has 0 aliphatic rings. The fourth-order valence-corrected chi connectivity index (χ4v) is 1.95. The smallest absolute Gasteiger partial charge is 0.258 e. The Balaban J connectivity index is 2.60. The predicted molar refractivity (Wildman–Crippen MR) is 72.1 cm³/mol. The standard InChI is InChI=1S/C13H16BrF2NO2/c1-3-9(4-2)17-12(18)7-19-11-6-8(14)5-10(15)13(11)16/h5-6,9H,3-4,7H2,1-2H3,(H,17,18). The number of hydrogen-bond donors (Lipinski definition) is 1. The number of ether oxygens (including phenoxy) is 1. The normalized spacial score (nSPS) is 10.6. The molecule has 0 saturated carbocycles. The van der Waals surface area contributed by atoms with Crippen molar-refractivity contribution in [1.29, 1.82) is 0 Å². The van der Waals surface area contributed by atoms with E-state index in [-0.39, 0.29) is 24.3 Å². The van der Waals surface area contributed by atoms with Gasteiger partial charge >= 0.3 is 0 Å². The third-order valence-corrected chi connectivity index (χ3v) is 3.13. The van der Waals surface area contributed by atoms with Crippen molar-refractivity contribution in [3.8, 4) is 5.75 Å². The quantitative estimate of drug-likeness (QED) is 0.809. The molecule has 0 unspecified atom stereocenters. The van der Waals surface area contributed by atoms with E-state index in [0.29, 0.717) is 4.47 Å². The second-order valence-electron chi connectivity index (χ2n) is 4.07. The first-order chi connectivity index (χ1) is 8.97. The zero-order valence-electron chi connectivity index (χ0n) is 10.8. The molecule has 19 heavy (non-hydrogen) atoms. The summed E-state index contributed by atoms with van der Waals surface area (Å²) in [5.74, 6) is -2.76. The number of rotatable bonds is 6. The second kappa shape index (κ2) is 7.43. The summed E-state index contributed by atoms with van der Waals surface area (Å²) in [6, 6.07) is 2.34. The van der Waals surface area contributed by atoms with E-state index in [1.54, 1.807) is 0 Å². The SMILES string of the molecule is CCC(CC)NC(=O)COc1cc(Br)cc(F)c1F. The molecule has 0 aliphatic heterocycles. The molecule has 0 atom stereocenters. The van der Waals surface area contributed by atoms with Crippen LogP contribution in [0.5, 0.6) is 5.75 Å². The molecule has 1 N–H and O–H groups in total. The van der Waals surface area contributed by atoms with Crippen LogP contribution in [-0.2, 0) is 4.79 Å². The van der Waals surface area contributed by atoms with Crippen LogP contribution in [0.2, 0.25) is 0 Å². The van der Waals surface area contributed by atoms with Crippen LogP contribution < -0.4 is 10.1 Å². The van der Waals surface area contributed by atoms with E-state index in [0.717, 1.165) is 18.9 Å². The van der Waals surface area contributed by atoms with Crippen LogP contribution in [-0.4, -0.2) is 18.6 Å². The van der Waals surface area contributed by atoms with E-state index in [9.17, 15) is 13.6 Å². The molecule has 1 aromatic carbocycles. The molecule has 0 radical (unpaired) electrons. The van der Waals surface area contributed by atoms with Gasteiger partial charge in [0.25, 0.3) is 5.91 Å². The summed E-state index contributed by atoms with van der Waals surface area (Å²) in [5.41, 5.74) is 0. The highest BCUT2D eigenvalue weighted by Gasteiger charge is 2.14. The first-order valence-electron chi connectivity index (χ1n) is 6.04. The monoisotopic (exact) mass is 335 g/mol. The average molecular weight is 336 g/mol. The van der Waals surface area contributed by atoms with Crippen molar-refractivity contribution in [3.05, 3.63) is 28.2 Å². The van der Waals surface area contributed by atoms with Crippen LogP contribution in [0, 0.1) is 11.6 Å². The lowest BCUT2D eigenvalue weighted by atomic mass is 10.2. The maximum absolute atomic E-state index is 13.4. The highest BCUT2D eigenvalue weighted by atomic mass is 79.9. The van der Waals surface area contributed by atoms with E-state index in [4.69, 9.17) is 4.74 Å². The number of carbonyl (C=O) groups is 1. The third-order valence-electron chi connectivity index (χ3n) is 2.67. The van der Waals surface area contributed by atoms with Crippen LogP contribution in [0.1, 0.15) is 26.7 Å². The highest BCUT2D eigenvalue weighted by molar-refractivity contribution is 9.10. The van der Waals surface area contributed by atoms with Crippen molar-refractivity contribution in [2.75, 3.05) is 6.61 Å². The molecule has 0 spiro atoms. The van der Waals surface area contributed by atoms with Crippen LogP contribution in [0.3, 0.4) is 0 Å². The lowest BCUT2D eigenvalue weighted by molar-refractivity contribution is -0.123. The highest BCUT2D eigenvalue weighted by Crippen LogP contribution is 2.25. The number of halogens is 3. The van der Waals surface area contributed by atoms with Gasteiger partial charge in [0.2, 0.25) is 5.82 Å². The van der Waals surface area contributed by atoms with Crippen molar-refractivity contribution in [1.82, 2.24) is 5.32 Å². The molecular formula is C13H16BrF2NO2. The molecule has 0 saturated heterocycles. The molecule has 0 fully saturated rings. The minimum Gasteiger partial charge on any atom is -0.481 e. The Morgan fingerprint density at radius 2 is 2.00 bits per heavy atom. The predicted octanol–water partition coefficient (Wildman–Crippen LogP) is 3.41. The summed E-state index contributed by atoms with van der Waals surface area (Å²) in [5, 5.41) is 2.74. The van der Waals surface area contributed by atoms with Gasteiger partial charge in [-0.25, -0.2) is 4.39 Å². The molecule has 1 rings (SSSR count). The molecule has 3 nitrogen and oxygen atoms in total. The van der Waals surface area contributed by atoms with Crippen LogP contribution in [0.4, 0.5) is 8.78 Å². The Morgan fingerprint density at radius 1 is 1.37 bits per heavy atom. The number of hydrogen-bond acceptors (Lipinski definition) is 2.